The van der Waals surface area contributed by atoms with Crippen molar-refractivity contribution in [3.05, 3.63) is 29.6 Å². The third-order valence-corrected chi connectivity index (χ3v) is 3.08. The van der Waals surface area contributed by atoms with E-state index < -0.39 is 10.8 Å². The summed E-state index contributed by atoms with van der Waals surface area (Å²) in [6.45, 7) is 3.77. The van der Waals surface area contributed by atoms with Gasteiger partial charge in [-0.1, -0.05) is 6.07 Å². The van der Waals surface area contributed by atoms with Gasteiger partial charge in [-0.15, -0.1) is 0 Å². The molecule has 0 aliphatic rings. The van der Waals surface area contributed by atoms with Gasteiger partial charge in [0.15, 0.2) is 0 Å². The predicted molar refractivity (Wildman–Crippen MR) is 64.2 cm³/mol. The molecule has 1 aromatic rings. The highest BCUT2D eigenvalue weighted by Gasteiger charge is 1.97. The van der Waals surface area contributed by atoms with Crippen LogP contribution in [0.1, 0.15) is 17.7 Å². The average Bonchev–Trinajstić information content (AvgIpc) is 2.20. The van der Waals surface area contributed by atoms with Gasteiger partial charge in [0.2, 0.25) is 0 Å². The van der Waals surface area contributed by atoms with E-state index >= 15 is 0 Å². The molecule has 0 radical (unpaired) electrons. The van der Waals surface area contributed by atoms with Crippen LogP contribution in [0.3, 0.4) is 0 Å². The Morgan fingerprint density at radius 2 is 2.33 bits per heavy atom. The first-order valence-corrected chi connectivity index (χ1v) is 6.84. The minimum absolute atomic E-state index is 0.670. The molecule has 1 N–H and O–H groups in total. The van der Waals surface area contributed by atoms with E-state index in [1.807, 2.05) is 13.0 Å². The highest BCUT2D eigenvalue weighted by Crippen LogP contribution is 2.02. The average molecular weight is 226 g/mol. The lowest BCUT2D eigenvalue weighted by Gasteiger charge is -2.06. The summed E-state index contributed by atoms with van der Waals surface area (Å²) in [6.07, 6.45) is 4.51. The fourth-order valence-corrected chi connectivity index (χ4v) is 1.88. The first kappa shape index (κ1) is 12.3. The number of nitrogens with zero attached hydrogens (tertiary/aromatic N) is 1. The molecule has 0 fully saturated rings. The van der Waals surface area contributed by atoms with Crippen LogP contribution >= 0.6 is 0 Å². The lowest BCUT2D eigenvalue weighted by molar-refractivity contribution is 0.659. The minimum Gasteiger partial charge on any atom is -0.313 e. The summed E-state index contributed by atoms with van der Waals surface area (Å²) >= 11 is 0. The van der Waals surface area contributed by atoms with E-state index in [4.69, 9.17) is 0 Å². The Balaban J connectivity index is 2.21. The number of rotatable bonds is 6. The van der Waals surface area contributed by atoms with Crippen LogP contribution in [0.5, 0.6) is 0 Å². The smallest absolute Gasteiger partial charge is 0.0417 e. The van der Waals surface area contributed by atoms with Crippen molar-refractivity contribution in [3.63, 3.8) is 0 Å². The van der Waals surface area contributed by atoms with Crippen LogP contribution in [-0.4, -0.2) is 27.7 Å². The van der Waals surface area contributed by atoms with Crippen LogP contribution in [-0.2, 0) is 17.3 Å². The maximum atomic E-state index is 10.8. The van der Waals surface area contributed by atoms with Gasteiger partial charge < -0.3 is 5.32 Å². The zero-order valence-electron chi connectivity index (χ0n) is 9.32. The van der Waals surface area contributed by atoms with Crippen LogP contribution < -0.4 is 5.32 Å². The van der Waals surface area contributed by atoms with Crippen molar-refractivity contribution in [2.24, 2.45) is 0 Å². The van der Waals surface area contributed by atoms with Crippen molar-refractivity contribution in [2.45, 2.75) is 19.9 Å². The maximum Gasteiger partial charge on any atom is 0.0417 e. The van der Waals surface area contributed by atoms with E-state index in [0.717, 1.165) is 31.0 Å². The van der Waals surface area contributed by atoms with Crippen LogP contribution in [0.2, 0.25) is 0 Å². The molecule has 1 atom stereocenters. The third-order valence-electron chi connectivity index (χ3n) is 2.22. The zero-order chi connectivity index (χ0) is 11.1. The van der Waals surface area contributed by atoms with E-state index in [9.17, 15) is 4.21 Å². The van der Waals surface area contributed by atoms with E-state index in [1.165, 1.54) is 5.56 Å². The van der Waals surface area contributed by atoms with Gasteiger partial charge in [0.1, 0.15) is 0 Å². The molecule has 1 rings (SSSR count). The molecule has 0 bridgehead atoms. The number of nitrogens with one attached hydrogen (secondary N) is 1. The summed E-state index contributed by atoms with van der Waals surface area (Å²) < 4.78 is 10.8. The van der Waals surface area contributed by atoms with Crippen molar-refractivity contribution >= 4 is 10.8 Å². The highest BCUT2D eigenvalue weighted by molar-refractivity contribution is 7.84. The largest absolute Gasteiger partial charge is 0.313 e. The summed E-state index contributed by atoms with van der Waals surface area (Å²) in [5, 5.41) is 3.32. The zero-order valence-corrected chi connectivity index (χ0v) is 10.1. The molecule has 1 aromatic heterocycles. The standard InChI is InChI=1S/C11H18N2OS/c1-10-11(5-3-7-13-10)9-12-6-4-8-15(2)14/h3,5,7,12H,4,6,8-9H2,1-2H3. The number of hydrogen-bond donors (Lipinski definition) is 1. The van der Waals surface area contributed by atoms with Gasteiger partial charge in [0.05, 0.1) is 0 Å². The molecular formula is C11H18N2OS. The molecule has 0 aromatic carbocycles. The Morgan fingerprint density at radius 3 is 3.00 bits per heavy atom. The van der Waals surface area contributed by atoms with Crippen LogP contribution in [0.4, 0.5) is 0 Å². The van der Waals surface area contributed by atoms with Gasteiger partial charge in [-0.3, -0.25) is 9.19 Å². The van der Waals surface area contributed by atoms with Crippen molar-refractivity contribution in [3.8, 4) is 0 Å². The molecule has 0 saturated carbocycles. The molecule has 0 aliphatic carbocycles. The fraction of sp³-hybridized carbons (Fsp3) is 0.545. The highest BCUT2D eigenvalue weighted by atomic mass is 32.2. The van der Waals surface area contributed by atoms with Gasteiger partial charge >= 0.3 is 0 Å². The topological polar surface area (TPSA) is 42.0 Å². The Hall–Kier alpha value is -0.740. The Morgan fingerprint density at radius 1 is 1.53 bits per heavy atom. The van der Waals surface area contributed by atoms with Crippen LogP contribution in [0.15, 0.2) is 18.3 Å². The lowest BCUT2D eigenvalue weighted by Crippen LogP contribution is -2.17. The Kier molecular flexibility index (Phi) is 5.50. The van der Waals surface area contributed by atoms with Crippen LogP contribution in [0.25, 0.3) is 0 Å². The lowest BCUT2D eigenvalue weighted by atomic mass is 10.2. The van der Waals surface area contributed by atoms with E-state index in [1.54, 1.807) is 12.5 Å². The molecule has 4 heteroatoms. The summed E-state index contributed by atoms with van der Waals surface area (Å²) in [6, 6.07) is 4.03. The molecule has 0 aliphatic heterocycles. The van der Waals surface area contributed by atoms with Crippen molar-refractivity contribution < 1.29 is 4.21 Å². The van der Waals surface area contributed by atoms with E-state index in [0.29, 0.717) is 0 Å². The summed E-state index contributed by atoms with van der Waals surface area (Å²) in [5.74, 6) is 0.777. The first-order valence-electron chi connectivity index (χ1n) is 5.11. The Labute approximate surface area is 93.8 Å². The third kappa shape index (κ3) is 5.04. The number of aromatic nitrogens is 1. The van der Waals surface area contributed by atoms with Gasteiger partial charge in [-0.05, 0) is 31.5 Å². The SMILES string of the molecule is Cc1ncccc1CNCCCS(C)=O. The molecule has 1 heterocycles. The molecule has 3 nitrogen and oxygen atoms in total. The van der Waals surface area contributed by atoms with Gasteiger partial charge in [-0.25, -0.2) is 0 Å². The molecule has 0 spiro atoms. The van der Waals surface area contributed by atoms with E-state index in [-0.39, 0.29) is 0 Å². The summed E-state index contributed by atoms with van der Waals surface area (Å²) in [4.78, 5) is 4.22. The van der Waals surface area contributed by atoms with Gasteiger partial charge in [0, 0.05) is 41.2 Å². The second-order valence-electron chi connectivity index (χ2n) is 3.56. The van der Waals surface area contributed by atoms with Crippen molar-refractivity contribution in [2.75, 3.05) is 18.6 Å². The summed E-state index contributed by atoms with van der Waals surface area (Å²) in [7, 11) is -0.670. The van der Waals surface area contributed by atoms with Crippen molar-refractivity contribution in [1.82, 2.24) is 10.3 Å². The van der Waals surface area contributed by atoms with Gasteiger partial charge in [0.25, 0.3) is 0 Å². The van der Waals surface area contributed by atoms with Gasteiger partial charge in [-0.2, -0.15) is 0 Å². The molecular weight excluding hydrogens is 208 g/mol. The number of aryl methyl sites for hydroxylation is 1. The second-order valence-corrected chi connectivity index (χ2v) is 5.11. The normalized spacial score (nSPS) is 12.7. The van der Waals surface area contributed by atoms with E-state index in [2.05, 4.69) is 16.4 Å². The predicted octanol–water partition coefficient (Wildman–Crippen LogP) is 1.25. The molecule has 84 valence electrons. The minimum atomic E-state index is -0.670. The summed E-state index contributed by atoms with van der Waals surface area (Å²) in [5.41, 5.74) is 2.30. The number of hydrogen-bond acceptors (Lipinski definition) is 3. The fourth-order valence-electron chi connectivity index (χ4n) is 1.33. The second kappa shape index (κ2) is 6.69. The molecule has 1 unspecified atom stereocenters. The molecule has 0 saturated heterocycles. The quantitative estimate of drug-likeness (QED) is 0.742. The van der Waals surface area contributed by atoms with Crippen molar-refractivity contribution in [1.29, 1.82) is 0 Å². The Bertz CT molecular complexity index is 328. The molecule has 15 heavy (non-hydrogen) atoms. The van der Waals surface area contributed by atoms with Crippen LogP contribution in [0, 0.1) is 6.92 Å². The first-order chi connectivity index (χ1) is 7.20. The maximum absolute atomic E-state index is 10.8. The molecule has 0 amide bonds. The monoisotopic (exact) mass is 226 g/mol. The number of pyridine rings is 1.